The number of rotatable bonds is 3. The Bertz CT molecular complexity index is 492. The molecule has 0 saturated heterocycles. The fraction of sp³-hybridized carbons (Fsp3) is 0.214. The molecule has 0 bridgehead atoms. The SMILES string of the molecule is C(=N\OC1Cc2ccccc2C1)/c1ccco1. The molecule has 0 atom stereocenters. The van der Waals surface area contributed by atoms with Crippen LogP contribution in [0.2, 0.25) is 0 Å². The Hall–Kier alpha value is -2.03. The molecule has 1 aliphatic rings. The van der Waals surface area contributed by atoms with Crippen LogP contribution in [0.5, 0.6) is 0 Å². The largest absolute Gasteiger partial charge is 0.463 e. The molecule has 0 N–H and O–H groups in total. The minimum atomic E-state index is 0.151. The number of hydrogen-bond acceptors (Lipinski definition) is 3. The minimum Gasteiger partial charge on any atom is -0.463 e. The fourth-order valence-corrected chi connectivity index (χ4v) is 2.13. The average Bonchev–Trinajstić information content (AvgIpc) is 2.96. The number of furan rings is 1. The van der Waals surface area contributed by atoms with Crippen molar-refractivity contribution in [1.82, 2.24) is 0 Å². The first kappa shape index (κ1) is 10.1. The van der Waals surface area contributed by atoms with Gasteiger partial charge in [0.15, 0.2) is 0 Å². The summed E-state index contributed by atoms with van der Waals surface area (Å²) in [6.45, 7) is 0. The van der Waals surface area contributed by atoms with E-state index in [-0.39, 0.29) is 6.10 Å². The zero-order chi connectivity index (χ0) is 11.5. The summed E-state index contributed by atoms with van der Waals surface area (Å²) in [5.74, 6) is 0.709. The van der Waals surface area contributed by atoms with Crippen molar-refractivity contribution in [2.45, 2.75) is 18.9 Å². The third kappa shape index (κ3) is 2.23. The van der Waals surface area contributed by atoms with E-state index in [1.165, 1.54) is 11.1 Å². The van der Waals surface area contributed by atoms with E-state index in [9.17, 15) is 0 Å². The molecule has 86 valence electrons. The molecule has 1 heterocycles. The maximum absolute atomic E-state index is 5.47. The molecule has 0 saturated carbocycles. The van der Waals surface area contributed by atoms with Crippen LogP contribution in [0.4, 0.5) is 0 Å². The molecular formula is C14H13NO2. The zero-order valence-electron chi connectivity index (χ0n) is 9.37. The number of oxime groups is 1. The van der Waals surface area contributed by atoms with Gasteiger partial charge in [0, 0.05) is 12.8 Å². The smallest absolute Gasteiger partial charge is 0.148 e. The molecule has 0 unspecified atom stereocenters. The van der Waals surface area contributed by atoms with Gasteiger partial charge in [0.05, 0.1) is 6.26 Å². The van der Waals surface area contributed by atoms with E-state index < -0.39 is 0 Å². The number of hydrogen-bond donors (Lipinski definition) is 0. The molecule has 3 heteroatoms. The Kier molecular flexibility index (Phi) is 2.66. The van der Waals surface area contributed by atoms with Crippen molar-refractivity contribution in [2.24, 2.45) is 5.16 Å². The predicted octanol–water partition coefficient (Wildman–Crippen LogP) is 2.80. The third-order valence-electron chi connectivity index (χ3n) is 2.95. The van der Waals surface area contributed by atoms with E-state index in [0.29, 0.717) is 5.76 Å². The molecule has 0 fully saturated rings. The summed E-state index contributed by atoms with van der Waals surface area (Å²) in [6, 6.07) is 12.1. The second-order valence-electron chi connectivity index (χ2n) is 4.15. The van der Waals surface area contributed by atoms with Gasteiger partial charge in [-0.25, -0.2) is 0 Å². The molecule has 0 amide bonds. The van der Waals surface area contributed by atoms with Gasteiger partial charge < -0.3 is 9.25 Å². The summed E-state index contributed by atoms with van der Waals surface area (Å²) < 4.78 is 5.13. The molecule has 3 rings (SSSR count). The molecular weight excluding hydrogens is 214 g/mol. The van der Waals surface area contributed by atoms with Crippen molar-refractivity contribution in [1.29, 1.82) is 0 Å². The highest BCUT2D eigenvalue weighted by Gasteiger charge is 2.21. The van der Waals surface area contributed by atoms with E-state index in [1.54, 1.807) is 12.5 Å². The Balaban J connectivity index is 1.59. The van der Waals surface area contributed by atoms with E-state index in [4.69, 9.17) is 9.25 Å². The summed E-state index contributed by atoms with van der Waals surface area (Å²) in [7, 11) is 0. The summed E-state index contributed by atoms with van der Waals surface area (Å²) >= 11 is 0. The fourth-order valence-electron chi connectivity index (χ4n) is 2.13. The van der Waals surface area contributed by atoms with Crippen LogP contribution in [0.1, 0.15) is 16.9 Å². The minimum absolute atomic E-state index is 0.151. The molecule has 3 nitrogen and oxygen atoms in total. The topological polar surface area (TPSA) is 34.7 Å². The Morgan fingerprint density at radius 2 is 1.88 bits per heavy atom. The van der Waals surface area contributed by atoms with Crippen molar-refractivity contribution in [3.63, 3.8) is 0 Å². The number of nitrogens with zero attached hydrogens (tertiary/aromatic N) is 1. The van der Waals surface area contributed by atoms with Crippen molar-refractivity contribution < 1.29 is 9.25 Å². The summed E-state index contributed by atoms with van der Waals surface area (Å²) in [5.41, 5.74) is 2.73. The van der Waals surface area contributed by atoms with Crippen LogP contribution in [0.25, 0.3) is 0 Å². The number of fused-ring (bicyclic) bond motifs is 1. The lowest BCUT2D eigenvalue weighted by Crippen LogP contribution is -2.08. The van der Waals surface area contributed by atoms with E-state index in [1.807, 2.05) is 12.1 Å². The molecule has 0 radical (unpaired) electrons. The summed E-state index contributed by atoms with van der Waals surface area (Å²) in [4.78, 5) is 5.47. The highest BCUT2D eigenvalue weighted by atomic mass is 16.6. The highest BCUT2D eigenvalue weighted by molar-refractivity contribution is 5.74. The monoisotopic (exact) mass is 227 g/mol. The third-order valence-corrected chi connectivity index (χ3v) is 2.95. The molecule has 1 aliphatic carbocycles. The van der Waals surface area contributed by atoms with E-state index >= 15 is 0 Å². The van der Waals surface area contributed by atoms with E-state index in [2.05, 4.69) is 29.4 Å². The molecule has 0 aliphatic heterocycles. The maximum atomic E-state index is 5.47. The lowest BCUT2D eigenvalue weighted by molar-refractivity contribution is 0.0679. The van der Waals surface area contributed by atoms with Crippen molar-refractivity contribution in [2.75, 3.05) is 0 Å². The van der Waals surface area contributed by atoms with Crippen molar-refractivity contribution in [3.8, 4) is 0 Å². The van der Waals surface area contributed by atoms with Crippen molar-refractivity contribution in [3.05, 3.63) is 59.5 Å². The average molecular weight is 227 g/mol. The van der Waals surface area contributed by atoms with E-state index in [0.717, 1.165) is 12.8 Å². The lowest BCUT2D eigenvalue weighted by Gasteiger charge is -2.05. The van der Waals surface area contributed by atoms with Crippen LogP contribution in [-0.4, -0.2) is 12.3 Å². The van der Waals surface area contributed by atoms with Gasteiger partial charge in [-0.1, -0.05) is 29.4 Å². The molecule has 2 aromatic rings. The molecule has 1 aromatic carbocycles. The molecule has 17 heavy (non-hydrogen) atoms. The van der Waals surface area contributed by atoms with Gasteiger partial charge in [0.1, 0.15) is 18.1 Å². The van der Waals surface area contributed by atoms with Gasteiger partial charge in [0.2, 0.25) is 0 Å². The first-order valence-electron chi connectivity index (χ1n) is 5.71. The Labute approximate surface area is 99.7 Å². The summed E-state index contributed by atoms with van der Waals surface area (Å²) in [5, 5.41) is 3.96. The predicted molar refractivity (Wildman–Crippen MR) is 65.0 cm³/mol. The maximum Gasteiger partial charge on any atom is 0.148 e. The Morgan fingerprint density at radius 1 is 1.12 bits per heavy atom. The van der Waals surface area contributed by atoms with Gasteiger partial charge in [0.25, 0.3) is 0 Å². The number of benzene rings is 1. The van der Waals surface area contributed by atoms with Crippen LogP contribution in [-0.2, 0) is 17.7 Å². The summed E-state index contributed by atoms with van der Waals surface area (Å²) in [6.07, 6.45) is 5.24. The normalized spacial score (nSPS) is 15.3. The molecule has 0 spiro atoms. The van der Waals surface area contributed by atoms with Gasteiger partial charge >= 0.3 is 0 Å². The second kappa shape index (κ2) is 4.45. The van der Waals surface area contributed by atoms with Gasteiger partial charge in [-0.05, 0) is 23.3 Å². The highest BCUT2D eigenvalue weighted by Crippen LogP contribution is 2.23. The zero-order valence-corrected chi connectivity index (χ0v) is 9.37. The Morgan fingerprint density at radius 3 is 2.53 bits per heavy atom. The quantitative estimate of drug-likeness (QED) is 0.597. The first-order chi connectivity index (χ1) is 8.42. The van der Waals surface area contributed by atoms with Crippen LogP contribution < -0.4 is 0 Å². The van der Waals surface area contributed by atoms with Crippen LogP contribution in [0, 0.1) is 0 Å². The second-order valence-corrected chi connectivity index (χ2v) is 4.15. The van der Waals surface area contributed by atoms with Gasteiger partial charge in [-0.15, -0.1) is 0 Å². The van der Waals surface area contributed by atoms with Crippen molar-refractivity contribution >= 4 is 6.21 Å². The molecule has 1 aromatic heterocycles. The van der Waals surface area contributed by atoms with Crippen LogP contribution in [0.3, 0.4) is 0 Å². The lowest BCUT2D eigenvalue weighted by atomic mass is 10.1. The standard InChI is InChI=1S/C14H13NO2/c1-2-5-12-9-14(8-11(12)4-1)17-15-10-13-6-3-7-16-13/h1-7,10,14H,8-9H2/b15-10+. The van der Waals surface area contributed by atoms with Gasteiger partial charge in [-0.2, -0.15) is 0 Å². The van der Waals surface area contributed by atoms with Crippen LogP contribution >= 0.6 is 0 Å². The van der Waals surface area contributed by atoms with Crippen LogP contribution in [0.15, 0.2) is 52.2 Å². The first-order valence-corrected chi connectivity index (χ1v) is 5.71. The van der Waals surface area contributed by atoms with Gasteiger partial charge in [-0.3, -0.25) is 0 Å².